The van der Waals surface area contributed by atoms with E-state index in [1.165, 1.54) is 16.8 Å². The minimum Gasteiger partial charge on any atom is -0.388 e. The third-order valence-corrected chi connectivity index (χ3v) is 2.07. The average Bonchev–Trinajstić information content (AvgIpc) is 2.50. The van der Waals surface area contributed by atoms with Gasteiger partial charge in [-0.05, 0) is 29.7 Å². The first kappa shape index (κ1) is 6.47. The Bertz CT molecular complexity index is 300. The summed E-state index contributed by atoms with van der Waals surface area (Å²) in [6.07, 6.45) is 5.46. The predicted molar refractivity (Wildman–Crippen MR) is 48.7 cm³/mol. The van der Waals surface area contributed by atoms with Crippen molar-refractivity contribution in [1.29, 1.82) is 0 Å². The van der Waals surface area contributed by atoms with Gasteiger partial charge in [0.2, 0.25) is 0 Å². The van der Waals surface area contributed by atoms with Crippen LogP contribution in [0.5, 0.6) is 0 Å². The molecule has 0 atom stereocenters. The van der Waals surface area contributed by atoms with E-state index in [0.717, 1.165) is 6.42 Å². The van der Waals surface area contributed by atoms with Gasteiger partial charge in [0, 0.05) is 12.7 Å². The van der Waals surface area contributed by atoms with Crippen molar-refractivity contribution in [3.63, 3.8) is 0 Å². The molecule has 56 valence electrons. The lowest BCUT2D eigenvalue weighted by Crippen LogP contribution is -1.89. The Hall–Kier alpha value is -1.24. The summed E-state index contributed by atoms with van der Waals surface area (Å²) in [5, 5.41) is 3.13. The lowest BCUT2D eigenvalue weighted by atomic mass is 10.1. The number of hydrogen-bond donors (Lipinski definition) is 1. The Kier molecular flexibility index (Phi) is 1.42. The van der Waals surface area contributed by atoms with Crippen molar-refractivity contribution in [1.82, 2.24) is 0 Å². The summed E-state index contributed by atoms with van der Waals surface area (Å²) in [6.45, 7) is 0. The summed E-state index contributed by atoms with van der Waals surface area (Å²) in [5.41, 5.74) is 3.99. The van der Waals surface area contributed by atoms with Crippen LogP contribution in [0, 0.1) is 0 Å². The van der Waals surface area contributed by atoms with Gasteiger partial charge in [0.15, 0.2) is 0 Å². The zero-order chi connectivity index (χ0) is 7.68. The number of allylic oxidation sites excluding steroid dienone is 1. The molecular formula is C10H11N. The first-order chi connectivity index (χ1) is 5.40. The molecule has 1 aromatic carbocycles. The minimum absolute atomic E-state index is 1.09. The number of anilines is 1. The second kappa shape index (κ2) is 2.42. The highest BCUT2D eigenvalue weighted by Gasteiger charge is 2.03. The fraction of sp³-hybridized carbons (Fsp3) is 0.200. The number of benzene rings is 1. The predicted octanol–water partition coefficient (Wildman–Crippen LogP) is 2.30. The Morgan fingerprint density at radius 1 is 1.36 bits per heavy atom. The number of nitrogens with one attached hydrogen (secondary N) is 1. The molecule has 0 bridgehead atoms. The summed E-state index contributed by atoms with van der Waals surface area (Å²) in [5.74, 6) is 0. The van der Waals surface area contributed by atoms with E-state index in [-0.39, 0.29) is 0 Å². The molecular weight excluding hydrogens is 134 g/mol. The maximum atomic E-state index is 3.13. The van der Waals surface area contributed by atoms with Gasteiger partial charge in [-0.2, -0.15) is 0 Å². The van der Waals surface area contributed by atoms with Gasteiger partial charge in [-0.25, -0.2) is 0 Å². The largest absolute Gasteiger partial charge is 0.388 e. The number of rotatable bonds is 1. The lowest BCUT2D eigenvalue weighted by molar-refractivity contribution is 1.30. The third kappa shape index (κ3) is 1.03. The van der Waals surface area contributed by atoms with Gasteiger partial charge < -0.3 is 5.32 Å². The molecule has 0 radical (unpaired) electrons. The molecule has 0 aliphatic heterocycles. The smallest absolute Gasteiger partial charge is 0.0340 e. The molecule has 0 unspecified atom stereocenters. The molecule has 0 aromatic heterocycles. The Morgan fingerprint density at radius 2 is 2.27 bits per heavy atom. The summed E-state index contributed by atoms with van der Waals surface area (Å²) >= 11 is 0. The molecule has 1 aliphatic rings. The topological polar surface area (TPSA) is 12.0 Å². The van der Waals surface area contributed by atoms with E-state index in [0.29, 0.717) is 0 Å². The van der Waals surface area contributed by atoms with Crippen LogP contribution in [0.2, 0.25) is 0 Å². The average molecular weight is 145 g/mol. The van der Waals surface area contributed by atoms with Crippen molar-refractivity contribution in [2.24, 2.45) is 0 Å². The van der Waals surface area contributed by atoms with Crippen LogP contribution in [0.15, 0.2) is 24.3 Å². The van der Waals surface area contributed by atoms with Crippen molar-refractivity contribution in [2.45, 2.75) is 6.42 Å². The minimum atomic E-state index is 1.09. The molecule has 0 saturated carbocycles. The van der Waals surface area contributed by atoms with E-state index in [1.54, 1.807) is 0 Å². The van der Waals surface area contributed by atoms with Crippen LogP contribution in [-0.4, -0.2) is 7.05 Å². The van der Waals surface area contributed by atoms with Crippen molar-refractivity contribution in [3.05, 3.63) is 35.4 Å². The highest BCUT2D eigenvalue weighted by Crippen LogP contribution is 2.22. The Morgan fingerprint density at radius 3 is 3.09 bits per heavy atom. The van der Waals surface area contributed by atoms with E-state index >= 15 is 0 Å². The van der Waals surface area contributed by atoms with E-state index in [1.807, 2.05) is 7.05 Å². The van der Waals surface area contributed by atoms with Crippen molar-refractivity contribution in [2.75, 3.05) is 12.4 Å². The van der Waals surface area contributed by atoms with Crippen LogP contribution in [-0.2, 0) is 6.42 Å². The van der Waals surface area contributed by atoms with Crippen LogP contribution in [0.1, 0.15) is 11.1 Å². The van der Waals surface area contributed by atoms with E-state index < -0.39 is 0 Å². The molecule has 1 N–H and O–H groups in total. The molecule has 2 rings (SSSR count). The zero-order valence-electron chi connectivity index (χ0n) is 6.59. The van der Waals surface area contributed by atoms with Gasteiger partial charge in [0.25, 0.3) is 0 Å². The fourth-order valence-electron chi connectivity index (χ4n) is 1.41. The highest BCUT2D eigenvalue weighted by atomic mass is 14.8. The molecule has 1 aromatic rings. The highest BCUT2D eigenvalue weighted by molar-refractivity contribution is 5.64. The number of hydrogen-bond acceptors (Lipinski definition) is 1. The molecule has 11 heavy (non-hydrogen) atoms. The van der Waals surface area contributed by atoms with Gasteiger partial charge in [-0.15, -0.1) is 0 Å². The Labute approximate surface area is 66.7 Å². The van der Waals surface area contributed by atoms with Crippen molar-refractivity contribution >= 4 is 11.8 Å². The van der Waals surface area contributed by atoms with Crippen LogP contribution >= 0.6 is 0 Å². The Balaban J connectivity index is 2.45. The van der Waals surface area contributed by atoms with Gasteiger partial charge in [0.05, 0.1) is 0 Å². The summed E-state index contributed by atoms with van der Waals surface area (Å²) in [4.78, 5) is 0. The molecule has 1 nitrogen and oxygen atoms in total. The first-order valence-electron chi connectivity index (χ1n) is 3.87. The van der Waals surface area contributed by atoms with E-state index in [9.17, 15) is 0 Å². The second-order valence-electron chi connectivity index (χ2n) is 2.77. The van der Waals surface area contributed by atoms with E-state index in [4.69, 9.17) is 0 Å². The monoisotopic (exact) mass is 145 g/mol. The van der Waals surface area contributed by atoms with Crippen molar-refractivity contribution < 1.29 is 0 Å². The fourth-order valence-corrected chi connectivity index (χ4v) is 1.41. The lowest BCUT2D eigenvalue weighted by Gasteiger charge is -2.02. The number of fused-ring (bicyclic) bond motifs is 1. The van der Waals surface area contributed by atoms with Crippen LogP contribution in [0.25, 0.3) is 6.08 Å². The zero-order valence-corrected chi connectivity index (χ0v) is 6.59. The van der Waals surface area contributed by atoms with Crippen molar-refractivity contribution in [3.8, 4) is 0 Å². The van der Waals surface area contributed by atoms with Gasteiger partial charge in [0.1, 0.15) is 0 Å². The maximum absolute atomic E-state index is 3.13. The first-order valence-corrected chi connectivity index (χ1v) is 3.87. The van der Waals surface area contributed by atoms with Crippen LogP contribution in [0.3, 0.4) is 0 Å². The molecule has 0 saturated heterocycles. The summed E-state index contributed by atoms with van der Waals surface area (Å²) < 4.78 is 0. The van der Waals surface area contributed by atoms with Crippen LogP contribution < -0.4 is 5.32 Å². The maximum Gasteiger partial charge on any atom is 0.0340 e. The quantitative estimate of drug-likeness (QED) is 0.639. The summed E-state index contributed by atoms with van der Waals surface area (Å²) in [7, 11) is 1.95. The normalized spacial score (nSPS) is 13.2. The SMILES string of the molecule is CNc1ccc2c(c1)CC=C2. The molecule has 0 spiro atoms. The molecule has 1 heteroatoms. The third-order valence-electron chi connectivity index (χ3n) is 2.07. The van der Waals surface area contributed by atoms with Gasteiger partial charge in [-0.3, -0.25) is 0 Å². The molecule has 0 heterocycles. The second-order valence-corrected chi connectivity index (χ2v) is 2.77. The van der Waals surface area contributed by atoms with E-state index in [2.05, 4.69) is 35.7 Å². The van der Waals surface area contributed by atoms with Gasteiger partial charge >= 0.3 is 0 Å². The molecule has 0 amide bonds. The van der Waals surface area contributed by atoms with Gasteiger partial charge in [-0.1, -0.05) is 18.2 Å². The standard InChI is InChI=1S/C10H11N/c1-11-10-6-5-8-3-2-4-9(8)7-10/h2-3,5-7,11H,4H2,1H3. The summed E-state index contributed by atoms with van der Waals surface area (Å²) in [6, 6.07) is 6.47. The van der Waals surface area contributed by atoms with Crippen LogP contribution in [0.4, 0.5) is 5.69 Å². The molecule has 1 aliphatic carbocycles. The molecule has 0 fully saturated rings.